The Balaban J connectivity index is 0. The maximum Gasteiger partial charge on any atom is 0.219 e. The third-order valence-corrected chi connectivity index (χ3v) is 3.00. The highest BCUT2D eigenvalue weighted by molar-refractivity contribution is 5.87. The number of hydrogen-bond acceptors (Lipinski definition) is 6. The van der Waals surface area contributed by atoms with E-state index in [9.17, 15) is 0 Å². The first kappa shape index (κ1) is 25.8. The van der Waals surface area contributed by atoms with Gasteiger partial charge in [-0.3, -0.25) is 9.98 Å². The van der Waals surface area contributed by atoms with Crippen molar-refractivity contribution in [2.24, 2.45) is 38.0 Å². The highest BCUT2D eigenvalue weighted by atomic mass is 16.3. The summed E-state index contributed by atoms with van der Waals surface area (Å²) in [6, 6.07) is 0.158. The highest BCUT2D eigenvalue weighted by Gasteiger charge is 2.03. The van der Waals surface area contributed by atoms with Crippen LogP contribution in [0.3, 0.4) is 0 Å². The van der Waals surface area contributed by atoms with Crippen LogP contribution >= 0.6 is 0 Å². The summed E-state index contributed by atoms with van der Waals surface area (Å²) in [6.07, 6.45) is 0. The fourth-order valence-corrected chi connectivity index (χ4v) is 1.42. The van der Waals surface area contributed by atoms with Gasteiger partial charge in [-0.05, 0) is 31.6 Å². The average molecular weight is 357 g/mol. The van der Waals surface area contributed by atoms with Gasteiger partial charge in [0.1, 0.15) is 16.3 Å². The van der Waals surface area contributed by atoms with E-state index in [-0.39, 0.29) is 31.8 Å². The summed E-state index contributed by atoms with van der Waals surface area (Å²) < 4.78 is 0. The average Bonchev–Trinajstić information content (AvgIpc) is 2.50. The van der Waals surface area contributed by atoms with Gasteiger partial charge in [0.15, 0.2) is 0 Å². The first-order valence-electron chi connectivity index (χ1n) is 9.00. The molecule has 0 saturated heterocycles. The van der Waals surface area contributed by atoms with E-state index >= 15 is 0 Å². The lowest BCUT2D eigenvalue weighted by Gasteiger charge is -2.07. The van der Waals surface area contributed by atoms with Crippen molar-refractivity contribution in [2.75, 3.05) is 26.4 Å². The number of nitrogens with zero attached hydrogens (tertiary/aromatic N) is 5. The molecule has 0 aliphatic heterocycles. The van der Waals surface area contributed by atoms with Gasteiger partial charge < -0.3 is 10.2 Å². The molecule has 0 radical (unpaired) electrons. The van der Waals surface area contributed by atoms with E-state index in [1.807, 2.05) is 27.7 Å². The molecule has 0 rings (SSSR count). The van der Waals surface area contributed by atoms with Gasteiger partial charge in [-0.25, -0.2) is 0 Å². The Morgan fingerprint density at radius 3 is 1.64 bits per heavy atom. The number of aliphatic imine (C=N–C) groups is 2. The molecule has 2 N–H and O–H groups in total. The lowest BCUT2D eigenvalue weighted by Crippen LogP contribution is -2.14. The van der Waals surface area contributed by atoms with Gasteiger partial charge in [0, 0.05) is 18.0 Å². The number of aliphatic hydroxyl groups excluding tert-OH is 2. The SMILES string of the molecule is CC(C)CN=C(CO)C(C)C.CC(C)N=[N+]=NCN=C(CO)C(C)C. The number of rotatable bonds is 9. The standard InChI is InChI=1S/C9H19N4O.C9H19NO/c1-7(2)9(5-14)10-6-11-13-12-8(3)4;1-7(2)5-10-9(6-11)8(3)4/h7-8,14H,5-6H2,1-4H3;7-8,11H,5-6H2,1-4H3/q+1;. The molecule has 146 valence electrons. The topological polar surface area (TPSA) is 104 Å². The molecule has 0 bridgehead atoms. The normalized spacial score (nSPS) is 12.4. The molecule has 25 heavy (non-hydrogen) atoms. The van der Waals surface area contributed by atoms with E-state index in [1.54, 1.807) is 0 Å². The monoisotopic (exact) mass is 356 g/mol. The fourth-order valence-electron chi connectivity index (χ4n) is 1.42. The third-order valence-electron chi connectivity index (χ3n) is 3.00. The summed E-state index contributed by atoms with van der Waals surface area (Å²) in [4.78, 5) is 12.0. The summed E-state index contributed by atoms with van der Waals surface area (Å²) >= 11 is 0. The minimum atomic E-state index is -0.0193. The first-order valence-corrected chi connectivity index (χ1v) is 9.00. The van der Waals surface area contributed by atoms with Crippen LogP contribution in [0.15, 0.2) is 20.2 Å². The van der Waals surface area contributed by atoms with Crippen molar-refractivity contribution >= 4 is 11.4 Å². The van der Waals surface area contributed by atoms with Crippen LogP contribution in [0.2, 0.25) is 0 Å². The zero-order chi connectivity index (χ0) is 19.8. The number of hydrogen-bond donors (Lipinski definition) is 2. The lowest BCUT2D eigenvalue weighted by molar-refractivity contribution is 0.350. The molecule has 0 spiro atoms. The van der Waals surface area contributed by atoms with Crippen LogP contribution in [0.1, 0.15) is 55.4 Å². The summed E-state index contributed by atoms with van der Waals surface area (Å²) in [7, 11) is 0. The molecular weight excluding hydrogens is 318 g/mol. The van der Waals surface area contributed by atoms with Gasteiger partial charge >= 0.3 is 0 Å². The predicted molar refractivity (Wildman–Crippen MR) is 105 cm³/mol. The van der Waals surface area contributed by atoms with Gasteiger partial charge in [-0.2, -0.15) is 0 Å². The van der Waals surface area contributed by atoms with Crippen molar-refractivity contribution < 1.29 is 10.2 Å². The fraction of sp³-hybridized carbons (Fsp3) is 0.889. The van der Waals surface area contributed by atoms with E-state index < -0.39 is 0 Å². The molecule has 0 amide bonds. The molecule has 0 fully saturated rings. The van der Waals surface area contributed by atoms with E-state index in [0.29, 0.717) is 11.8 Å². The molecule has 0 heterocycles. The highest BCUT2D eigenvalue weighted by Crippen LogP contribution is 1.99. The van der Waals surface area contributed by atoms with E-state index in [2.05, 4.69) is 52.8 Å². The molecule has 0 saturated carbocycles. The quantitative estimate of drug-likeness (QED) is 0.376. The van der Waals surface area contributed by atoms with Crippen LogP contribution < -0.4 is 4.91 Å². The van der Waals surface area contributed by atoms with Crippen LogP contribution in [-0.4, -0.2) is 54.1 Å². The molecule has 7 nitrogen and oxygen atoms in total. The van der Waals surface area contributed by atoms with Crippen LogP contribution in [0.25, 0.3) is 0 Å². The second-order valence-electron chi connectivity index (χ2n) is 7.08. The van der Waals surface area contributed by atoms with Crippen molar-refractivity contribution in [3.63, 3.8) is 0 Å². The molecule has 0 aromatic rings. The molecule has 0 atom stereocenters. The summed E-state index contributed by atoms with van der Waals surface area (Å²) in [6.45, 7) is 17.3. The molecular formula is C18H38N5O2+. The van der Waals surface area contributed by atoms with Crippen molar-refractivity contribution in [1.29, 1.82) is 0 Å². The van der Waals surface area contributed by atoms with Gasteiger partial charge in [-0.1, -0.05) is 41.5 Å². The summed E-state index contributed by atoms with van der Waals surface area (Å²) in [5.41, 5.74) is 1.66. The van der Waals surface area contributed by atoms with Crippen molar-refractivity contribution in [3.8, 4) is 0 Å². The Hall–Kier alpha value is -1.43. The largest absolute Gasteiger partial charge is 0.390 e. The lowest BCUT2D eigenvalue weighted by atomic mass is 10.1. The maximum absolute atomic E-state index is 8.91. The minimum absolute atomic E-state index is 0.0193. The van der Waals surface area contributed by atoms with Gasteiger partial charge in [0.25, 0.3) is 0 Å². The smallest absolute Gasteiger partial charge is 0.219 e. The zero-order valence-corrected chi connectivity index (χ0v) is 17.3. The zero-order valence-electron chi connectivity index (χ0n) is 17.3. The van der Waals surface area contributed by atoms with Gasteiger partial charge in [0.2, 0.25) is 11.6 Å². The Kier molecular flexibility index (Phi) is 16.6. The number of aliphatic hydroxyl groups is 2. The Bertz CT molecular complexity index is 448. The van der Waals surface area contributed by atoms with Crippen LogP contribution in [0, 0.1) is 17.8 Å². The predicted octanol–water partition coefficient (Wildman–Crippen LogP) is 3.14. The minimum Gasteiger partial charge on any atom is -0.390 e. The van der Waals surface area contributed by atoms with E-state index in [4.69, 9.17) is 10.2 Å². The molecule has 0 aromatic heterocycles. The molecule has 0 aliphatic carbocycles. The second kappa shape index (κ2) is 16.1. The third kappa shape index (κ3) is 17.2. The Labute approximate surface area is 153 Å². The van der Waals surface area contributed by atoms with Crippen LogP contribution in [0.4, 0.5) is 0 Å². The van der Waals surface area contributed by atoms with Crippen molar-refractivity contribution in [2.45, 2.75) is 61.4 Å². The van der Waals surface area contributed by atoms with Gasteiger partial charge in [0.05, 0.1) is 13.2 Å². The van der Waals surface area contributed by atoms with Gasteiger partial charge in [-0.15, -0.1) is 0 Å². The Morgan fingerprint density at radius 2 is 1.28 bits per heavy atom. The molecule has 7 heteroatoms. The van der Waals surface area contributed by atoms with E-state index in [0.717, 1.165) is 18.0 Å². The second-order valence-corrected chi connectivity index (χ2v) is 7.08. The molecule has 0 aliphatic rings. The van der Waals surface area contributed by atoms with Crippen LogP contribution in [-0.2, 0) is 0 Å². The maximum atomic E-state index is 8.91. The molecule has 0 aromatic carbocycles. The Morgan fingerprint density at radius 1 is 0.800 bits per heavy atom. The van der Waals surface area contributed by atoms with E-state index in [1.165, 1.54) is 0 Å². The van der Waals surface area contributed by atoms with Crippen LogP contribution in [0.5, 0.6) is 0 Å². The van der Waals surface area contributed by atoms with Crippen molar-refractivity contribution in [1.82, 2.24) is 4.91 Å². The first-order chi connectivity index (χ1) is 11.6. The molecule has 0 unspecified atom stereocenters. The summed E-state index contributed by atoms with van der Waals surface area (Å²) in [5, 5.41) is 25.4. The summed E-state index contributed by atoms with van der Waals surface area (Å²) in [5.74, 6) is 1.20. The van der Waals surface area contributed by atoms with Crippen molar-refractivity contribution in [3.05, 3.63) is 0 Å².